The minimum Gasteiger partial charge on any atom is -0.447 e. The summed E-state index contributed by atoms with van der Waals surface area (Å²) < 4.78 is 5.41. The Morgan fingerprint density at radius 3 is 2.62 bits per heavy atom. The van der Waals surface area contributed by atoms with Crippen LogP contribution >= 0.6 is 11.3 Å². The topological polar surface area (TPSA) is 162 Å². The summed E-state index contributed by atoms with van der Waals surface area (Å²) in [7, 11) is 0. The number of hydrogen-bond acceptors (Lipinski definition) is 9. The third kappa shape index (κ3) is 11.9. The monoisotopic (exact) mass is 554 g/mol. The Kier molecular flexibility index (Phi) is 13.4. The molecule has 6 N–H and O–H groups in total. The summed E-state index contributed by atoms with van der Waals surface area (Å²) in [6.07, 6.45) is 10.2. The number of ether oxygens (including phenoxy) is 1. The van der Waals surface area contributed by atoms with E-state index in [-0.39, 0.29) is 24.6 Å². The van der Waals surface area contributed by atoms with E-state index in [4.69, 9.17) is 16.2 Å². The van der Waals surface area contributed by atoms with Crippen LogP contribution in [0.15, 0.2) is 60.1 Å². The maximum atomic E-state index is 12.9. The van der Waals surface area contributed by atoms with E-state index in [9.17, 15) is 14.4 Å². The minimum atomic E-state index is -1.08. The highest BCUT2D eigenvalue weighted by atomic mass is 32.1. The average molecular weight is 555 g/mol. The van der Waals surface area contributed by atoms with Crippen molar-refractivity contribution in [3.05, 3.63) is 76.2 Å². The average Bonchev–Trinajstić information content (AvgIpc) is 3.35. The van der Waals surface area contributed by atoms with Crippen LogP contribution in [0.3, 0.4) is 0 Å². The number of benzene rings is 1. The lowest BCUT2D eigenvalue weighted by molar-refractivity contribution is -0.154. The zero-order valence-electron chi connectivity index (χ0n) is 22.7. The summed E-state index contributed by atoms with van der Waals surface area (Å²) in [6, 6.07) is 7.27. The molecule has 0 bridgehead atoms. The first-order chi connectivity index (χ1) is 18.7. The third-order valence-electron chi connectivity index (χ3n) is 5.39. The molecule has 1 aromatic carbocycles. The van der Waals surface area contributed by atoms with Crippen molar-refractivity contribution in [3.8, 4) is 0 Å². The number of esters is 1. The fourth-order valence-corrected chi connectivity index (χ4v) is 4.18. The number of anilines is 1. The Morgan fingerprint density at radius 1 is 1.10 bits per heavy atom. The van der Waals surface area contributed by atoms with Gasteiger partial charge in [-0.3, -0.25) is 19.7 Å². The summed E-state index contributed by atoms with van der Waals surface area (Å²) in [4.78, 5) is 36.6. The largest absolute Gasteiger partial charge is 0.447 e. The molecule has 1 unspecified atom stereocenters. The Balaban J connectivity index is 1.83. The van der Waals surface area contributed by atoms with Gasteiger partial charge in [0.15, 0.2) is 0 Å². The maximum Gasteiger partial charge on any atom is 0.306 e. The molecule has 0 spiro atoms. The highest BCUT2D eigenvalue weighted by Crippen LogP contribution is 2.24. The highest BCUT2D eigenvalue weighted by Gasteiger charge is 2.26. The van der Waals surface area contributed by atoms with Crippen LogP contribution in [-0.2, 0) is 25.5 Å². The number of allylic oxidation sites excluding steroid dienone is 4. The number of rotatable bonds is 15. The molecule has 0 radical (unpaired) electrons. The van der Waals surface area contributed by atoms with Crippen molar-refractivity contribution >= 4 is 34.3 Å². The van der Waals surface area contributed by atoms with E-state index in [1.165, 1.54) is 11.3 Å². The molecule has 1 atom stereocenters. The number of nitrogens with zero attached hydrogens (tertiary/aromatic N) is 2. The first-order valence-electron chi connectivity index (χ1n) is 13.0. The Hall–Kier alpha value is -3.99. The Bertz CT molecular complexity index is 1200. The molecule has 2 aromatic rings. The van der Waals surface area contributed by atoms with Gasteiger partial charge in [0.2, 0.25) is 17.1 Å². The van der Waals surface area contributed by atoms with Crippen molar-refractivity contribution in [2.75, 3.05) is 5.32 Å². The lowest BCUT2D eigenvalue weighted by Crippen LogP contribution is -2.26. The second-order valence-electron chi connectivity index (χ2n) is 8.83. The lowest BCUT2D eigenvalue weighted by Gasteiger charge is -2.17. The van der Waals surface area contributed by atoms with Crippen LogP contribution < -0.4 is 22.1 Å². The molecule has 0 saturated carbocycles. The van der Waals surface area contributed by atoms with Crippen molar-refractivity contribution in [1.82, 2.24) is 15.5 Å². The second kappa shape index (κ2) is 16.8. The van der Waals surface area contributed by atoms with Gasteiger partial charge in [0, 0.05) is 30.5 Å². The van der Waals surface area contributed by atoms with Crippen LogP contribution in [0.25, 0.3) is 0 Å². The molecule has 39 heavy (non-hydrogen) atoms. The van der Waals surface area contributed by atoms with Gasteiger partial charge in [-0.05, 0) is 44.8 Å². The molecule has 2 rings (SSSR count). The minimum absolute atomic E-state index is 0.162. The number of aromatic nitrogens is 2. The standard InChI is InChI=1S/C28H38N6O4S/c1-4-6-7-14-23(35)31-22(30)17-16-21(29)13-8-9-15-24-33-34-28(39-24)32-27(37)26(38-25(36)5-2)20-12-10-11-19(3)18-20/h6-7,10-12,16-18,26H,4-5,8-9,13-15,29-30H2,1-3H3,(H,31,35)(H,32,34,37)/b7-6+,21-16-,22-17+. The quantitative estimate of drug-likeness (QED) is 0.110. The molecule has 11 heteroatoms. The predicted molar refractivity (Wildman–Crippen MR) is 153 cm³/mol. The second-order valence-corrected chi connectivity index (χ2v) is 9.89. The van der Waals surface area contributed by atoms with Crippen molar-refractivity contribution < 1.29 is 19.1 Å². The molecule has 10 nitrogen and oxygen atoms in total. The van der Waals surface area contributed by atoms with Gasteiger partial charge >= 0.3 is 5.97 Å². The zero-order valence-corrected chi connectivity index (χ0v) is 23.6. The van der Waals surface area contributed by atoms with Gasteiger partial charge in [-0.25, -0.2) is 0 Å². The van der Waals surface area contributed by atoms with Crippen LogP contribution in [0.5, 0.6) is 0 Å². The van der Waals surface area contributed by atoms with E-state index in [2.05, 4.69) is 20.8 Å². The molecule has 0 aliphatic carbocycles. The number of amides is 2. The SMILES string of the molecule is CC/C=C/CC(=O)N/C(N)=C/C=C(\N)CCCCc1nnc(NC(=O)C(OC(=O)CC)c2cccc(C)c2)s1. The fourth-order valence-electron chi connectivity index (χ4n) is 3.39. The van der Waals surface area contributed by atoms with Crippen LogP contribution in [0, 0.1) is 6.92 Å². The van der Waals surface area contributed by atoms with E-state index < -0.39 is 18.0 Å². The fraction of sp³-hybridized carbons (Fsp3) is 0.393. The molecule has 2 amide bonds. The molecule has 1 heterocycles. The number of hydrogen-bond donors (Lipinski definition) is 4. The van der Waals surface area contributed by atoms with Crippen molar-refractivity contribution in [2.45, 2.75) is 71.8 Å². The van der Waals surface area contributed by atoms with E-state index in [0.717, 1.165) is 29.8 Å². The number of unbranched alkanes of at least 4 members (excludes halogenated alkanes) is 1. The number of aryl methyl sites for hydroxylation is 2. The highest BCUT2D eigenvalue weighted by molar-refractivity contribution is 7.15. The summed E-state index contributed by atoms with van der Waals surface area (Å²) >= 11 is 1.28. The van der Waals surface area contributed by atoms with Crippen molar-refractivity contribution in [3.63, 3.8) is 0 Å². The van der Waals surface area contributed by atoms with Crippen molar-refractivity contribution in [1.29, 1.82) is 0 Å². The van der Waals surface area contributed by atoms with Crippen LogP contribution in [0.4, 0.5) is 5.13 Å². The molecule has 210 valence electrons. The molecule has 0 aliphatic heterocycles. The molecule has 0 aliphatic rings. The number of carbonyl (C=O) groups excluding carboxylic acids is 3. The Morgan fingerprint density at radius 2 is 1.90 bits per heavy atom. The summed E-state index contributed by atoms with van der Waals surface area (Å²) in [6.45, 7) is 5.58. The normalized spacial score (nSPS) is 12.8. The van der Waals surface area contributed by atoms with Crippen molar-refractivity contribution in [2.24, 2.45) is 11.5 Å². The summed E-state index contributed by atoms with van der Waals surface area (Å²) in [5.41, 5.74) is 14.1. The van der Waals surface area contributed by atoms with Gasteiger partial charge in [0.25, 0.3) is 5.91 Å². The third-order valence-corrected chi connectivity index (χ3v) is 6.29. The number of nitrogens with one attached hydrogen (secondary N) is 2. The smallest absolute Gasteiger partial charge is 0.306 e. The van der Waals surface area contributed by atoms with Gasteiger partial charge < -0.3 is 21.5 Å². The van der Waals surface area contributed by atoms with Gasteiger partial charge in [0.1, 0.15) is 10.8 Å². The Labute approximate surface area is 233 Å². The van der Waals surface area contributed by atoms with Gasteiger partial charge in [-0.2, -0.15) is 0 Å². The summed E-state index contributed by atoms with van der Waals surface area (Å²) in [5.74, 6) is -0.888. The van der Waals surface area contributed by atoms with Crippen LogP contribution in [-0.4, -0.2) is 28.0 Å². The van der Waals surface area contributed by atoms with Crippen LogP contribution in [0.1, 0.15) is 74.6 Å². The summed E-state index contributed by atoms with van der Waals surface area (Å²) in [5, 5.41) is 14.7. The predicted octanol–water partition coefficient (Wildman–Crippen LogP) is 4.31. The lowest BCUT2D eigenvalue weighted by atomic mass is 10.1. The molecule has 0 fully saturated rings. The van der Waals surface area contributed by atoms with Crippen LogP contribution in [0.2, 0.25) is 0 Å². The van der Waals surface area contributed by atoms with Gasteiger partial charge in [-0.15, -0.1) is 10.2 Å². The molecular weight excluding hydrogens is 516 g/mol. The molecular formula is C28H38N6O4S. The van der Waals surface area contributed by atoms with Gasteiger partial charge in [0.05, 0.1) is 0 Å². The van der Waals surface area contributed by atoms with E-state index in [1.807, 2.05) is 38.1 Å². The number of carbonyl (C=O) groups is 3. The van der Waals surface area contributed by atoms with E-state index >= 15 is 0 Å². The van der Waals surface area contributed by atoms with Gasteiger partial charge in [-0.1, -0.05) is 67.2 Å². The number of nitrogens with two attached hydrogens (primary N) is 2. The van der Waals surface area contributed by atoms with E-state index in [0.29, 0.717) is 29.2 Å². The first kappa shape index (κ1) is 31.2. The van der Waals surface area contributed by atoms with E-state index in [1.54, 1.807) is 31.2 Å². The maximum absolute atomic E-state index is 12.9. The first-order valence-corrected chi connectivity index (χ1v) is 13.8. The zero-order chi connectivity index (χ0) is 28.6. The molecule has 1 aromatic heterocycles. The molecule has 0 saturated heterocycles.